The Bertz CT molecular complexity index is 860. The molecule has 0 heterocycles. The van der Waals surface area contributed by atoms with Crippen LogP contribution in [0.1, 0.15) is 174 Å². The number of nitrogens with zero attached hydrogens (tertiary/aromatic N) is 1. The highest BCUT2D eigenvalue weighted by atomic mass is 31.2. The zero-order valence-electron chi connectivity index (χ0n) is 32.6. The van der Waals surface area contributed by atoms with E-state index in [1.54, 1.807) is 6.08 Å². The SMILES string of the molecule is CCCCCCCCC/C=C/CC/C=C/C(O)C(COP(=O)([O-])OCC[N+](C)(C)C)NC(=O)CCCCCCCCCCCCCCCC. The molecular weight excluding hydrogens is 635 g/mol. The molecule has 0 aromatic carbocycles. The molecule has 8 nitrogen and oxygen atoms in total. The van der Waals surface area contributed by atoms with Gasteiger partial charge in [-0.05, 0) is 32.1 Å². The number of hydrogen-bond acceptors (Lipinski definition) is 6. The van der Waals surface area contributed by atoms with Crippen molar-refractivity contribution in [2.75, 3.05) is 40.9 Å². The lowest BCUT2D eigenvalue weighted by atomic mass is 10.0. The Hall–Kier alpha value is -1.02. The molecule has 0 radical (unpaired) electrons. The third-order valence-corrected chi connectivity index (χ3v) is 9.88. The number of aliphatic hydroxyl groups excluding tert-OH is 1. The Balaban J connectivity index is 4.54. The number of carbonyl (C=O) groups is 1. The fourth-order valence-corrected chi connectivity index (χ4v) is 6.36. The van der Waals surface area contributed by atoms with Crippen LogP contribution in [-0.4, -0.2) is 68.5 Å². The molecule has 0 aromatic heterocycles. The molecule has 1 amide bonds. The largest absolute Gasteiger partial charge is 0.756 e. The van der Waals surface area contributed by atoms with Crippen LogP contribution in [0.25, 0.3) is 0 Å². The second kappa shape index (κ2) is 32.9. The number of rotatable bonds is 36. The van der Waals surface area contributed by atoms with E-state index in [0.29, 0.717) is 17.4 Å². The lowest BCUT2D eigenvalue weighted by Crippen LogP contribution is -2.45. The van der Waals surface area contributed by atoms with Crippen LogP contribution in [0.3, 0.4) is 0 Å². The molecule has 0 rings (SSSR count). The molecule has 3 atom stereocenters. The van der Waals surface area contributed by atoms with E-state index in [-0.39, 0.29) is 19.1 Å². The first-order chi connectivity index (χ1) is 23.5. The Morgan fingerprint density at radius 1 is 0.694 bits per heavy atom. The first kappa shape index (κ1) is 48.0. The van der Waals surface area contributed by atoms with Crippen molar-refractivity contribution in [3.05, 3.63) is 24.3 Å². The van der Waals surface area contributed by atoms with Crippen LogP contribution in [-0.2, 0) is 18.4 Å². The fourth-order valence-electron chi connectivity index (χ4n) is 5.64. The normalized spacial score (nSPS) is 14.8. The van der Waals surface area contributed by atoms with Gasteiger partial charge in [0.05, 0.1) is 39.9 Å². The predicted molar refractivity (Wildman–Crippen MR) is 205 cm³/mol. The second-order valence-corrected chi connectivity index (χ2v) is 16.4. The zero-order valence-corrected chi connectivity index (χ0v) is 33.5. The zero-order chi connectivity index (χ0) is 36.5. The van der Waals surface area contributed by atoms with Gasteiger partial charge in [-0.1, -0.05) is 160 Å². The van der Waals surface area contributed by atoms with Gasteiger partial charge in [-0.25, -0.2) is 0 Å². The van der Waals surface area contributed by atoms with Crippen molar-refractivity contribution in [2.45, 2.75) is 187 Å². The lowest BCUT2D eigenvalue weighted by molar-refractivity contribution is -0.870. The average molecular weight is 715 g/mol. The molecule has 0 aliphatic rings. The van der Waals surface area contributed by atoms with Gasteiger partial charge in [-0.2, -0.15) is 0 Å². The number of likely N-dealkylation sites (N-methyl/N-ethyl adjacent to an activating group) is 1. The Kier molecular flexibility index (Phi) is 32.2. The minimum atomic E-state index is -4.58. The summed E-state index contributed by atoms with van der Waals surface area (Å²) in [5.74, 6) is -0.208. The Labute approximate surface area is 303 Å². The van der Waals surface area contributed by atoms with Gasteiger partial charge in [-0.15, -0.1) is 0 Å². The van der Waals surface area contributed by atoms with Crippen molar-refractivity contribution in [3.8, 4) is 0 Å². The van der Waals surface area contributed by atoms with Crippen molar-refractivity contribution in [1.82, 2.24) is 5.32 Å². The van der Waals surface area contributed by atoms with E-state index < -0.39 is 20.0 Å². The summed E-state index contributed by atoms with van der Waals surface area (Å²) < 4.78 is 23.1. The lowest BCUT2D eigenvalue weighted by Gasteiger charge is -2.29. The molecule has 0 saturated heterocycles. The first-order valence-electron chi connectivity index (χ1n) is 20.2. The number of phosphoric ester groups is 1. The van der Waals surface area contributed by atoms with E-state index in [0.717, 1.165) is 38.5 Å². The molecule has 3 unspecified atom stereocenters. The maximum Gasteiger partial charge on any atom is 0.268 e. The van der Waals surface area contributed by atoms with Gasteiger partial charge in [0.15, 0.2) is 0 Å². The molecule has 0 bridgehead atoms. The van der Waals surface area contributed by atoms with Crippen molar-refractivity contribution in [1.29, 1.82) is 0 Å². The Morgan fingerprint density at radius 2 is 1.14 bits per heavy atom. The van der Waals surface area contributed by atoms with Crippen LogP contribution in [0.5, 0.6) is 0 Å². The van der Waals surface area contributed by atoms with E-state index in [1.807, 2.05) is 27.2 Å². The number of hydrogen-bond donors (Lipinski definition) is 2. The van der Waals surface area contributed by atoms with Crippen LogP contribution in [0.2, 0.25) is 0 Å². The number of aliphatic hydroxyl groups is 1. The minimum absolute atomic E-state index is 0.00460. The van der Waals surface area contributed by atoms with Crippen LogP contribution in [0.4, 0.5) is 0 Å². The summed E-state index contributed by atoms with van der Waals surface area (Å²) in [5, 5.41) is 13.7. The number of amides is 1. The summed E-state index contributed by atoms with van der Waals surface area (Å²) in [6, 6.07) is -0.896. The van der Waals surface area contributed by atoms with Crippen LogP contribution in [0.15, 0.2) is 24.3 Å². The van der Waals surface area contributed by atoms with E-state index >= 15 is 0 Å². The molecule has 0 aromatic rings. The summed E-state index contributed by atoms with van der Waals surface area (Å²) in [6.07, 6.45) is 36.4. The van der Waals surface area contributed by atoms with Crippen molar-refractivity contribution >= 4 is 13.7 Å². The van der Waals surface area contributed by atoms with Crippen LogP contribution in [0, 0.1) is 0 Å². The maximum absolute atomic E-state index is 12.8. The minimum Gasteiger partial charge on any atom is -0.756 e. The molecule has 9 heteroatoms. The summed E-state index contributed by atoms with van der Waals surface area (Å²) >= 11 is 0. The van der Waals surface area contributed by atoms with Gasteiger partial charge in [-0.3, -0.25) is 9.36 Å². The molecule has 0 aliphatic heterocycles. The topological polar surface area (TPSA) is 108 Å². The van der Waals surface area contributed by atoms with E-state index in [2.05, 4.69) is 31.3 Å². The van der Waals surface area contributed by atoms with Crippen molar-refractivity contribution < 1.29 is 32.9 Å². The summed E-state index contributed by atoms with van der Waals surface area (Å²) in [4.78, 5) is 25.2. The first-order valence-corrected chi connectivity index (χ1v) is 21.7. The van der Waals surface area contributed by atoms with Gasteiger partial charge < -0.3 is 28.8 Å². The van der Waals surface area contributed by atoms with E-state index in [9.17, 15) is 19.4 Å². The summed E-state index contributed by atoms with van der Waals surface area (Å²) in [6.45, 7) is 4.60. The maximum atomic E-state index is 12.8. The predicted octanol–water partition coefficient (Wildman–Crippen LogP) is 9.94. The number of quaternary nitrogens is 1. The number of carbonyl (C=O) groups excluding carboxylic acids is 1. The third kappa shape index (κ3) is 35.2. The molecular formula is C40H79N2O6P. The molecule has 49 heavy (non-hydrogen) atoms. The fraction of sp³-hybridized carbons (Fsp3) is 0.875. The molecule has 0 aliphatic carbocycles. The molecule has 2 N–H and O–H groups in total. The number of phosphoric acid groups is 1. The van der Waals surface area contributed by atoms with Crippen LogP contribution < -0.4 is 10.2 Å². The molecule has 290 valence electrons. The number of nitrogens with one attached hydrogen (secondary N) is 1. The third-order valence-electron chi connectivity index (χ3n) is 8.91. The molecule has 0 fully saturated rings. The standard InChI is InChI=1S/C40H79N2O6P/c1-6-8-10-12-14-16-18-20-22-24-26-28-30-32-34-40(44)41-38(37-48-49(45,46)47-36-35-42(3,4)5)39(43)33-31-29-27-25-23-21-19-17-15-13-11-9-7-2/h23,25,31,33,38-39,43H,6-22,24,26-30,32,34-37H2,1-5H3,(H-,41,44,45,46)/b25-23+,33-31+. The van der Waals surface area contributed by atoms with Gasteiger partial charge in [0.2, 0.25) is 5.91 Å². The smallest absolute Gasteiger partial charge is 0.268 e. The van der Waals surface area contributed by atoms with Gasteiger partial charge in [0.25, 0.3) is 7.82 Å². The molecule has 0 spiro atoms. The summed E-state index contributed by atoms with van der Waals surface area (Å²) in [7, 11) is 1.25. The second-order valence-electron chi connectivity index (χ2n) is 15.0. The van der Waals surface area contributed by atoms with Crippen molar-refractivity contribution in [2.24, 2.45) is 0 Å². The van der Waals surface area contributed by atoms with Crippen LogP contribution >= 0.6 is 7.82 Å². The average Bonchev–Trinajstić information content (AvgIpc) is 3.04. The van der Waals surface area contributed by atoms with E-state index in [1.165, 1.54) is 116 Å². The highest BCUT2D eigenvalue weighted by Gasteiger charge is 2.23. The van der Waals surface area contributed by atoms with Crippen molar-refractivity contribution in [3.63, 3.8) is 0 Å². The van der Waals surface area contributed by atoms with E-state index in [4.69, 9.17) is 9.05 Å². The quantitative estimate of drug-likeness (QED) is 0.0290. The van der Waals surface area contributed by atoms with Gasteiger partial charge in [0.1, 0.15) is 13.2 Å². The van der Waals surface area contributed by atoms with Gasteiger partial charge in [0, 0.05) is 6.42 Å². The van der Waals surface area contributed by atoms with Gasteiger partial charge >= 0.3 is 0 Å². The summed E-state index contributed by atoms with van der Waals surface area (Å²) in [5.41, 5.74) is 0. The highest BCUT2D eigenvalue weighted by molar-refractivity contribution is 7.45. The highest BCUT2D eigenvalue weighted by Crippen LogP contribution is 2.38. The number of unbranched alkanes of at least 4 members (excludes halogenated alkanes) is 21. The Morgan fingerprint density at radius 3 is 1.65 bits per heavy atom. The number of allylic oxidation sites excluding steroid dienone is 3. The molecule has 0 saturated carbocycles. The monoisotopic (exact) mass is 715 g/mol.